The molecule has 4 aromatic rings. The Labute approximate surface area is 245 Å². The molecule has 2 aromatic heterocycles. The summed E-state index contributed by atoms with van der Waals surface area (Å²) in [5.74, 6) is -0.687. The second-order valence-electron chi connectivity index (χ2n) is 12.1. The van der Waals surface area contributed by atoms with Crippen LogP contribution in [0.15, 0.2) is 54.7 Å². The Morgan fingerprint density at radius 1 is 1.14 bits per heavy atom. The Bertz CT molecular complexity index is 1670. The highest BCUT2D eigenvalue weighted by molar-refractivity contribution is 6.05. The number of nitrogens with two attached hydrogens (primary N) is 1. The van der Waals surface area contributed by atoms with Crippen molar-refractivity contribution >= 4 is 22.7 Å². The lowest BCUT2D eigenvalue weighted by molar-refractivity contribution is -0.0849. The van der Waals surface area contributed by atoms with E-state index in [2.05, 4.69) is 15.5 Å². The summed E-state index contributed by atoms with van der Waals surface area (Å²) < 4.78 is 41.2. The van der Waals surface area contributed by atoms with Gasteiger partial charge in [0.15, 0.2) is 5.69 Å². The second-order valence-corrected chi connectivity index (χ2v) is 12.1. The zero-order valence-electron chi connectivity index (χ0n) is 23.7. The summed E-state index contributed by atoms with van der Waals surface area (Å²) in [6.45, 7) is 0.147. The van der Waals surface area contributed by atoms with E-state index < -0.39 is 24.0 Å². The molecule has 2 aliphatic rings. The number of para-hydroxylation sites is 1. The van der Waals surface area contributed by atoms with Crippen molar-refractivity contribution < 1.29 is 33.0 Å². The van der Waals surface area contributed by atoms with Crippen LogP contribution < -0.4 is 20.5 Å². The van der Waals surface area contributed by atoms with Gasteiger partial charge in [0.1, 0.15) is 24.0 Å². The van der Waals surface area contributed by atoms with E-state index in [1.165, 1.54) is 12.1 Å². The lowest BCUT2D eigenvalue weighted by atomic mass is 9.53. The van der Waals surface area contributed by atoms with Crippen LogP contribution in [0.3, 0.4) is 0 Å². The topological polar surface area (TPSA) is 147 Å². The highest BCUT2D eigenvalue weighted by Gasteiger charge is 2.54. The van der Waals surface area contributed by atoms with E-state index >= 15 is 0 Å². The summed E-state index contributed by atoms with van der Waals surface area (Å²) in [4.78, 5) is 25.1. The second kappa shape index (κ2) is 10.6. The van der Waals surface area contributed by atoms with E-state index in [-0.39, 0.29) is 58.0 Å². The first-order valence-electron chi connectivity index (χ1n) is 14.0. The number of carbonyl (C=O) groups excluding carboxylic acids is 2. The third kappa shape index (κ3) is 5.76. The molecule has 0 bridgehead atoms. The minimum atomic E-state index is -2.96. The third-order valence-corrected chi connectivity index (χ3v) is 7.93. The van der Waals surface area contributed by atoms with E-state index in [4.69, 9.17) is 15.2 Å². The largest absolute Gasteiger partial charge is 0.491 e. The zero-order valence-corrected chi connectivity index (χ0v) is 23.7. The highest BCUT2D eigenvalue weighted by Crippen LogP contribution is 2.57. The number of halogens is 2. The number of rotatable bonds is 10. The molecule has 2 amide bonds. The summed E-state index contributed by atoms with van der Waals surface area (Å²) in [6.07, 6.45) is 4.29. The molecule has 13 heteroatoms. The van der Waals surface area contributed by atoms with Crippen LogP contribution in [0.2, 0.25) is 0 Å². The standard InChI is InChI=1S/C30H32F2N6O5/c1-29(2,41)16-42-19-8-9-21-23(10-19)38(28(31)32)35-24(21)26(40)34-17-11-30(12-17)13-20(14-30)43-27-22(25(33)39)15-37(36-27)18-6-4-3-5-7-18/h3-10,15,17,20,28,41H,11-14,16H2,1-2H3,(H2,33,39)(H,34,40)/t17-,20-,30?. The maximum Gasteiger partial charge on any atom is 0.333 e. The molecule has 0 atom stereocenters. The van der Waals surface area contributed by atoms with E-state index in [0.717, 1.165) is 18.5 Å². The maximum absolute atomic E-state index is 13.8. The minimum absolute atomic E-state index is 0.00534. The number of hydrogen-bond acceptors (Lipinski definition) is 7. The molecule has 2 heterocycles. The number of carbonyl (C=O) groups is 2. The van der Waals surface area contributed by atoms with Gasteiger partial charge in [0.05, 0.1) is 16.8 Å². The molecule has 2 saturated carbocycles. The Kier molecular flexibility index (Phi) is 7.07. The van der Waals surface area contributed by atoms with Crippen LogP contribution in [0, 0.1) is 5.41 Å². The summed E-state index contributed by atoms with van der Waals surface area (Å²) in [7, 11) is 0. The van der Waals surface area contributed by atoms with Gasteiger partial charge in [-0.2, -0.15) is 13.9 Å². The lowest BCUT2D eigenvalue weighted by Crippen LogP contribution is -2.58. The quantitative estimate of drug-likeness (QED) is 0.252. The molecular weight excluding hydrogens is 562 g/mol. The lowest BCUT2D eigenvalue weighted by Gasteiger charge is -2.57. The fraction of sp³-hybridized carbons (Fsp3) is 0.400. The van der Waals surface area contributed by atoms with Gasteiger partial charge in [0.25, 0.3) is 11.8 Å². The van der Waals surface area contributed by atoms with E-state index in [1.807, 2.05) is 30.3 Å². The monoisotopic (exact) mass is 594 g/mol. The minimum Gasteiger partial charge on any atom is -0.491 e. The number of benzene rings is 2. The van der Waals surface area contributed by atoms with Crippen LogP contribution in [0.25, 0.3) is 16.6 Å². The molecule has 1 spiro atoms. The van der Waals surface area contributed by atoms with Crippen LogP contribution in [-0.4, -0.2) is 60.8 Å². The van der Waals surface area contributed by atoms with Gasteiger partial charge in [0.2, 0.25) is 5.88 Å². The van der Waals surface area contributed by atoms with Crippen molar-refractivity contribution in [1.82, 2.24) is 24.9 Å². The Morgan fingerprint density at radius 2 is 1.86 bits per heavy atom. The molecule has 0 radical (unpaired) electrons. The number of nitrogens with one attached hydrogen (secondary N) is 1. The molecule has 0 saturated heterocycles. The molecule has 0 aliphatic heterocycles. The van der Waals surface area contributed by atoms with Gasteiger partial charge < -0.3 is 25.6 Å². The van der Waals surface area contributed by atoms with Crippen molar-refractivity contribution in [2.45, 2.75) is 63.8 Å². The number of aliphatic hydroxyl groups is 1. The molecule has 0 unspecified atom stereocenters. The van der Waals surface area contributed by atoms with Gasteiger partial charge in [-0.05, 0) is 69.2 Å². The molecule has 2 aromatic carbocycles. The first-order chi connectivity index (χ1) is 20.4. The van der Waals surface area contributed by atoms with Crippen molar-refractivity contribution in [3.05, 3.63) is 66.0 Å². The zero-order chi connectivity index (χ0) is 30.5. The van der Waals surface area contributed by atoms with Gasteiger partial charge >= 0.3 is 6.55 Å². The Balaban J connectivity index is 1.07. The van der Waals surface area contributed by atoms with Crippen molar-refractivity contribution in [2.24, 2.45) is 11.1 Å². The van der Waals surface area contributed by atoms with Crippen molar-refractivity contribution in [3.63, 3.8) is 0 Å². The summed E-state index contributed by atoms with van der Waals surface area (Å²) in [5.41, 5.74) is 5.39. The molecule has 4 N–H and O–H groups in total. The first kappa shape index (κ1) is 28.6. The predicted octanol–water partition coefficient (Wildman–Crippen LogP) is 3.99. The smallest absolute Gasteiger partial charge is 0.333 e. The van der Waals surface area contributed by atoms with Crippen LogP contribution in [0.4, 0.5) is 8.78 Å². The summed E-state index contributed by atoms with van der Waals surface area (Å²) in [5, 5.41) is 21.4. The van der Waals surface area contributed by atoms with Gasteiger partial charge in [-0.1, -0.05) is 18.2 Å². The molecule has 6 rings (SSSR count). The average molecular weight is 595 g/mol. The number of amides is 2. The SMILES string of the molecule is CC(C)(O)COc1ccc2c(C(=O)N[C@H]3CC4(C3)C[C@H](Oc3nn(-c5ccccc5)cc3C(N)=O)C4)nn(C(F)F)c2c1. The van der Waals surface area contributed by atoms with E-state index in [0.29, 0.717) is 17.5 Å². The first-order valence-corrected chi connectivity index (χ1v) is 14.0. The normalized spacial score (nSPS) is 21.4. The number of ether oxygens (including phenoxy) is 2. The fourth-order valence-corrected chi connectivity index (χ4v) is 5.93. The van der Waals surface area contributed by atoms with Gasteiger partial charge in [0, 0.05) is 23.7 Å². The van der Waals surface area contributed by atoms with E-state index in [1.54, 1.807) is 30.8 Å². The van der Waals surface area contributed by atoms with Crippen molar-refractivity contribution in [2.75, 3.05) is 6.61 Å². The fourth-order valence-electron chi connectivity index (χ4n) is 5.93. The number of aromatic nitrogens is 4. The molecule has 43 heavy (non-hydrogen) atoms. The number of hydrogen-bond donors (Lipinski definition) is 3. The maximum atomic E-state index is 13.8. The molecule has 226 valence electrons. The van der Waals surface area contributed by atoms with Crippen LogP contribution >= 0.6 is 0 Å². The van der Waals surface area contributed by atoms with Crippen LogP contribution in [0.1, 0.15) is 66.9 Å². The highest BCUT2D eigenvalue weighted by atomic mass is 19.3. The van der Waals surface area contributed by atoms with Crippen molar-refractivity contribution in [1.29, 1.82) is 0 Å². The third-order valence-electron chi connectivity index (χ3n) is 7.93. The molecular formula is C30H32F2N6O5. The Hall–Kier alpha value is -4.52. The van der Waals surface area contributed by atoms with Gasteiger partial charge in [-0.15, -0.1) is 5.10 Å². The van der Waals surface area contributed by atoms with Crippen LogP contribution in [-0.2, 0) is 0 Å². The predicted molar refractivity (Wildman–Crippen MR) is 151 cm³/mol. The van der Waals surface area contributed by atoms with Crippen molar-refractivity contribution in [3.8, 4) is 17.3 Å². The number of nitrogens with zero attached hydrogens (tertiary/aromatic N) is 4. The molecule has 2 aliphatic carbocycles. The van der Waals surface area contributed by atoms with Crippen LogP contribution in [0.5, 0.6) is 11.6 Å². The van der Waals surface area contributed by atoms with Gasteiger partial charge in [-0.25, -0.2) is 9.36 Å². The van der Waals surface area contributed by atoms with Gasteiger partial charge in [-0.3, -0.25) is 9.59 Å². The summed E-state index contributed by atoms with van der Waals surface area (Å²) in [6, 6.07) is 13.7. The number of primary amides is 1. The average Bonchev–Trinajstić information content (AvgIpc) is 3.51. The number of alkyl halides is 2. The number of fused-ring (bicyclic) bond motifs is 1. The molecule has 11 nitrogen and oxygen atoms in total. The summed E-state index contributed by atoms with van der Waals surface area (Å²) >= 11 is 0. The van der Waals surface area contributed by atoms with E-state index in [9.17, 15) is 23.5 Å². The molecule has 2 fully saturated rings. The Morgan fingerprint density at radius 3 is 2.51 bits per heavy atom.